The van der Waals surface area contributed by atoms with Gasteiger partial charge in [0.1, 0.15) is 59.2 Å². The summed E-state index contributed by atoms with van der Waals surface area (Å²) in [6.07, 6.45) is -11.3. The number of ether oxygens (including phenoxy) is 1. The number of nitrogens with one attached hydrogen (secondary N) is 5. The van der Waals surface area contributed by atoms with E-state index in [2.05, 4.69) is 42.9 Å². The number of aliphatic hydroxyl groups excluding tert-OH is 7. The van der Waals surface area contributed by atoms with Crippen LogP contribution in [-0.4, -0.2) is 217 Å². The molecule has 32 nitrogen and oxygen atoms in total. The van der Waals surface area contributed by atoms with Gasteiger partial charge in [-0.15, -0.1) is 0 Å². The van der Waals surface area contributed by atoms with Crippen LogP contribution in [0.3, 0.4) is 0 Å². The molecule has 5 aromatic rings. The molecule has 2 aromatic heterocycles. The summed E-state index contributed by atoms with van der Waals surface area (Å²) in [6, 6.07) is 4.23. The Morgan fingerprint density at radius 3 is 2.18 bits per heavy atom. The largest absolute Gasteiger partial charge is 0.504 e. The monoisotopic (exact) mass is 1310 g/mol. The summed E-state index contributed by atoms with van der Waals surface area (Å²) in [4.78, 5) is 120. The molecule has 0 bridgehead atoms. The van der Waals surface area contributed by atoms with Crippen molar-refractivity contribution in [1.82, 2.24) is 51.0 Å². The first-order chi connectivity index (χ1) is 43.4. The molecule has 3 aliphatic heterocycles. The van der Waals surface area contributed by atoms with Gasteiger partial charge in [0.25, 0.3) is 18.2 Å². The third-order valence-electron chi connectivity index (χ3n) is 15.5. The van der Waals surface area contributed by atoms with Gasteiger partial charge in [0.05, 0.1) is 55.4 Å². The molecule has 0 saturated carbocycles. The third-order valence-corrected chi connectivity index (χ3v) is 16.9. The normalized spacial score (nSPS) is 25.2. The fourth-order valence-electron chi connectivity index (χ4n) is 10.7. The highest BCUT2D eigenvalue weighted by Crippen LogP contribution is 2.35. The Morgan fingerprint density at radius 2 is 1.51 bits per heavy atom. The Hall–Kier alpha value is -8.13. The average Bonchev–Trinajstić information content (AvgIpc) is 2.09. The lowest BCUT2D eigenvalue weighted by Gasteiger charge is -2.34. The molecule has 8 rings (SSSR count). The fraction of sp³-hybridized carbons (Fsp3) is 0.474. The number of phenols is 1. The molecular weight excluding hydrogens is 1240 g/mol. The lowest BCUT2D eigenvalue weighted by Crippen LogP contribution is -2.64. The number of benzene rings is 3. The first-order valence-electron chi connectivity index (χ1n) is 28.9. The van der Waals surface area contributed by atoms with Crippen LogP contribution in [0, 0.1) is 5.92 Å². The lowest BCUT2D eigenvalue weighted by molar-refractivity contribution is -0.433. The van der Waals surface area contributed by atoms with Crippen molar-refractivity contribution in [3.8, 4) is 39.1 Å². The Bertz CT molecular complexity index is 3380. The maximum absolute atomic E-state index is 14.7. The summed E-state index contributed by atoms with van der Waals surface area (Å²) >= 11 is 1.32. The number of phenolic OH excluding ortho intramolecular Hbond substituents is 1. The molecule has 3 aliphatic rings. The zero-order valence-electron chi connectivity index (χ0n) is 49.1. The van der Waals surface area contributed by atoms with E-state index in [0.717, 1.165) is 65.5 Å². The highest BCUT2D eigenvalue weighted by Gasteiger charge is 2.50. The number of nitrogens with zero attached hydrogens (tertiary/aromatic N) is 5. The number of primary amides is 1. The van der Waals surface area contributed by atoms with Crippen molar-refractivity contribution >= 4 is 75.9 Å². The van der Waals surface area contributed by atoms with Gasteiger partial charge in [0.2, 0.25) is 46.3 Å². The van der Waals surface area contributed by atoms with E-state index < -0.39 is 183 Å². The van der Waals surface area contributed by atoms with E-state index in [1.807, 2.05) is 24.3 Å². The highest BCUT2D eigenvalue weighted by atomic mass is 32.2. The third kappa shape index (κ3) is 16.7. The summed E-state index contributed by atoms with van der Waals surface area (Å²) in [5.41, 5.74) is 6.97. The van der Waals surface area contributed by atoms with Crippen molar-refractivity contribution in [2.45, 2.75) is 138 Å². The van der Waals surface area contributed by atoms with Crippen molar-refractivity contribution in [2.24, 2.45) is 11.7 Å². The Kier molecular flexibility index (Phi) is 23.3. The van der Waals surface area contributed by atoms with E-state index >= 15 is 0 Å². The molecule has 14 atom stereocenters. The Morgan fingerprint density at radius 1 is 0.824 bits per heavy atom. The molecule has 34 heteroatoms. The van der Waals surface area contributed by atoms with Gasteiger partial charge in [-0.3, -0.25) is 38.4 Å². The number of aromatic nitrogens is 3. The summed E-state index contributed by atoms with van der Waals surface area (Å²) < 4.78 is 16.7. The first-order valence-corrected chi connectivity index (χ1v) is 30.4. The molecule has 3 saturated heterocycles. The van der Waals surface area contributed by atoms with Crippen molar-refractivity contribution in [3.63, 3.8) is 0 Å². The number of carbonyl (C=O) groups excluding carboxylic acids is 8. The van der Waals surface area contributed by atoms with Crippen molar-refractivity contribution in [2.75, 3.05) is 26.2 Å². The molecule has 8 amide bonds. The van der Waals surface area contributed by atoms with Gasteiger partial charge < -0.3 is 91.9 Å². The minimum atomic E-state index is -2.53. The van der Waals surface area contributed by atoms with Crippen LogP contribution >= 0.6 is 23.7 Å². The zero-order valence-corrected chi connectivity index (χ0v) is 50.8. The van der Waals surface area contributed by atoms with Gasteiger partial charge in [-0.1, -0.05) is 65.6 Å². The number of aliphatic hydroxyl groups is 7. The lowest BCUT2D eigenvalue weighted by atomic mass is 9.96. The maximum atomic E-state index is 14.7. The number of imidazole rings is 1. The van der Waals surface area contributed by atoms with Crippen LogP contribution in [0.2, 0.25) is 0 Å². The molecule has 91 heavy (non-hydrogen) atoms. The number of rotatable bonds is 20. The van der Waals surface area contributed by atoms with Crippen molar-refractivity contribution in [1.29, 1.82) is 0 Å². The predicted octanol–water partition coefficient (Wildman–Crippen LogP) is -1.92. The van der Waals surface area contributed by atoms with Crippen LogP contribution in [0.5, 0.6) is 17.2 Å². The van der Waals surface area contributed by atoms with Crippen LogP contribution in [0.25, 0.3) is 26.8 Å². The van der Waals surface area contributed by atoms with Crippen LogP contribution in [0.4, 0.5) is 0 Å². The van der Waals surface area contributed by atoms with Crippen LogP contribution < -0.4 is 41.2 Å². The van der Waals surface area contributed by atoms with Crippen molar-refractivity contribution in [3.05, 3.63) is 84.1 Å². The average molecular weight is 1310 g/mol. The fourth-order valence-corrected chi connectivity index (χ4v) is 11.8. The molecule has 3 fully saturated rings. The standard InChI is InChI=1S/C57H71N11O21S2/c1-4-5-6-17-86-34-14-11-30(12-15-34)54-65-68-25-36(61-57(68)90-54)28-7-9-29(10-8-28)49(78)60-35-19-32(70)22-59-53(82)45-46(75)26(2)23-67(45)56(84)43(39(73)21-41(58)74)63-52(81)44(48(77)47(76)31-13-16-38(72)40(18-31)87-91-89-88-85)64-51(80)37-20-33(71)24-66(37)55(83)42(27(3)69)62-50(35)79/h7-16,18,25-27,32-33,35,37,39,42-48,69-73,75-77,85H,4-6,17,19-24H2,1-3H3,(H2,58,74)(H,59,82)(H,60,78)(H,62,79)(H,63,81)(H,64,80)/t26?,27?,32?,33?,35-,37?,39?,42?,43?,44?,45?,46?,47?,48?/m0/s1. The second-order valence-corrected chi connectivity index (χ2v) is 23.7. The molecule has 492 valence electrons. The van der Waals surface area contributed by atoms with Gasteiger partial charge in [-0.05, 0) is 67.4 Å². The van der Waals surface area contributed by atoms with Gasteiger partial charge in [-0.2, -0.15) is 5.10 Å². The second-order valence-electron chi connectivity index (χ2n) is 22.3. The van der Waals surface area contributed by atoms with E-state index in [-0.39, 0.29) is 23.5 Å². The van der Waals surface area contributed by atoms with Crippen molar-refractivity contribution < 1.29 is 103 Å². The second kappa shape index (κ2) is 30.8. The van der Waals surface area contributed by atoms with E-state index in [4.69, 9.17) is 30.0 Å². The minimum absolute atomic E-state index is 0.0120. The number of nitrogens with two attached hydrogens (primary N) is 1. The molecule has 0 radical (unpaired) electrons. The molecule has 0 aliphatic carbocycles. The van der Waals surface area contributed by atoms with Gasteiger partial charge in [0.15, 0.2) is 11.5 Å². The number of fused-ring (bicyclic) bond motifs is 3. The minimum Gasteiger partial charge on any atom is -0.504 e. The highest BCUT2D eigenvalue weighted by molar-refractivity contribution is 7.90. The van der Waals surface area contributed by atoms with Crippen LogP contribution in [0.15, 0.2) is 72.9 Å². The Labute approximate surface area is 526 Å². The predicted molar refractivity (Wildman–Crippen MR) is 318 cm³/mol. The zero-order chi connectivity index (χ0) is 66.0. The van der Waals surface area contributed by atoms with Gasteiger partial charge in [0, 0.05) is 55.1 Å². The number of unbranched alkanes of at least 4 members (excludes halogenated alkanes) is 2. The first kappa shape index (κ1) is 68.8. The van der Waals surface area contributed by atoms with Gasteiger partial charge >= 0.3 is 0 Å². The summed E-state index contributed by atoms with van der Waals surface area (Å²) in [6.45, 7) is 3.43. The van der Waals surface area contributed by atoms with Crippen LogP contribution in [0.1, 0.15) is 81.3 Å². The number of carbonyl (C=O) groups is 8. The quantitative estimate of drug-likeness (QED) is 0.0175. The maximum Gasteiger partial charge on any atom is 0.261 e. The number of aromatic hydroxyl groups is 1. The smallest absolute Gasteiger partial charge is 0.261 e. The number of hydrogen-bond donors (Lipinski definition) is 15. The van der Waals surface area contributed by atoms with E-state index in [1.165, 1.54) is 30.4 Å². The van der Waals surface area contributed by atoms with E-state index in [1.54, 1.807) is 22.8 Å². The Balaban J connectivity index is 1.08. The molecule has 5 heterocycles. The summed E-state index contributed by atoms with van der Waals surface area (Å²) in [7, 11) is 0. The van der Waals surface area contributed by atoms with E-state index in [9.17, 15) is 79.2 Å². The number of β-amino-alcohol motifs (C(OH)–C–C–N with tert-alkyl or cyclic N) is 1. The SMILES string of the molecule is CCCCCOc1ccc(-c2nn3cc(-c4ccc(C(=O)N[C@H]5CC(O)CNC(=O)C6C(O)C(C)CN6C(=O)C(C(O)CC(N)=O)NC(=O)C(C(O)C(O)c6ccc(O)c(OSOOO)c6)NC(=O)C6CC(O)CN6C(=O)C(C(C)O)NC5=O)cc4)nc3s2)cc1. The topological polar surface area (TPSA) is 478 Å². The van der Waals surface area contributed by atoms with Gasteiger partial charge in [-0.25, -0.2) is 14.8 Å². The molecule has 3 aromatic carbocycles. The number of amides is 8. The van der Waals surface area contributed by atoms with E-state index in [0.29, 0.717) is 27.8 Å². The summed E-state index contributed by atoms with van der Waals surface area (Å²) in [5, 5.41) is 119. The molecule has 0 spiro atoms. The molecule has 13 unspecified atom stereocenters. The summed E-state index contributed by atoms with van der Waals surface area (Å²) in [5.74, 6) is -11.2. The van der Waals surface area contributed by atoms with Crippen LogP contribution in [-0.2, 0) is 42.9 Å². The number of hydrogen-bond acceptors (Lipinski definition) is 25. The molecule has 16 N–H and O–H groups in total. The molecular formula is C57H71N11O21S2.